The van der Waals surface area contributed by atoms with E-state index < -0.39 is 6.03 Å². The lowest BCUT2D eigenvalue weighted by molar-refractivity contribution is -0.120. The number of carbonyl (C=O) groups is 3. The molecule has 2 aromatic rings. The Labute approximate surface area is 144 Å². The van der Waals surface area contributed by atoms with E-state index in [-0.39, 0.29) is 12.3 Å². The summed E-state index contributed by atoms with van der Waals surface area (Å²) in [5.74, 6) is 0.0399. The van der Waals surface area contributed by atoms with Crippen molar-refractivity contribution < 1.29 is 14.4 Å². The zero-order chi connectivity index (χ0) is 17.4. The summed E-state index contributed by atoms with van der Waals surface area (Å²) in [6, 6.07) is 5.50. The van der Waals surface area contributed by atoms with E-state index in [9.17, 15) is 14.4 Å². The van der Waals surface area contributed by atoms with Gasteiger partial charge in [0.25, 0.3) is 0 Å². The van der Waals surface area contributed by atoms with Crippen LogP contribution in [-0.2, 0) is 9.59 Å². The normalized spacial score (nSPS) is 18.6. The summed E-state index contributed by atoms with van der Waals surface area (Å²) in [7, 11) is 0. The first kappa shape index (κ1) is 15.6. The van der Waals surface area contributed by atoms with Crippen molar-refractivity contribution in [1.82, 2.24) is 10.3 Å². The van der Waals surface area contributed by atoms with Crippen LogP contribution in [0.2, 0.25) is 0 Å². The highest BCUT2D eigenvalue weighted by Gasteiger charge is 2.26. The van der Waals surface area contributed by atoms with Crippen LogP contribution >= 0.6 is 0 Å². The quantitative estimate of drug-likeness (QED) is 0.903. The predicted octanol–water partition coefficient (Wildman–Crippen LogP) is 1.85. The number of benzene rings is 1. The molecule has 1 aromatic carbocycles. The molecular formula is C18H18N4O3. The number of Topliss-reactive ketones (excluding diaryl/α,β-unsaturated/α-hetero) is 1. The summed E-state index contributed by atoms with van der Waals surface area (Å²) in [5, 5.41) is 4.20. The third-order valence-electron chi connectivity index (χ3n) is 4.77. The summed E-state index contributed by atoms with van der Waals surface area (Å²) in [6.07, 6.45) is 4.83. The smallest absolute Gasteiger partial charge is 0.328 e. The second kappa shape index (κ2) is 6.16. The van der Waals surface area contributed by atoms with E-state index in [0.717, 1.165) is 16.5 Å². The van der Waals surface area contributed by atoms with Crippen molar-refractivity contribution in [3.05, 3.63) is 30.6 Å². The molecule has 128 valence electrons. The molecule has 7 nitrogen and oxygen atoms in total. The molecule has 4 rings (SSSR count). The van der Waals surface area contributed by atoms with E-state index in [1.807, 2.05) is 18.2 Å². The first-order chi connectivity index (χ1) is 12.1. The largest absolute Gasteiger partial charge is 0.370 e. The maximum absolute atomic E-state index is 12.2. The topological polar surface area (TPSA) is 82.6 Å². The minimum absolute atomic E-state index is 0.256. The third-order valence-corrected chi connectivity index (χ3v) is 4.77. The number of amides is 3. The van der Waals surface area contributed by atoms with Gasteiger partial charge >= 0.3 is 6.03 Å². The van der Waals surface area contributed by atoms with Crippen molar-refractivity contribution in [3.8, 4) is 0 Å². The standard InChI is InChI=1S/C18H18N4O3/c23-12-4-7-21(8-5-12)15-3-1-2-13-14(15)10-19-11-16(13)22-9-6-17(24)20-18(22)25/h1-3,10-11H,4-9H2,(H,20,24,25). The Bertz CT molecular complexity index is 870. The molecule has 0 bridgehead atoms. The van der Waals surface area contributed by atoms with E-state index >= 15 is 0 Å². The fraction of sp³-hybridized carbons (Fsp3) is 0.333. The van der Waals surface area contributed by atoms with Crippen LogP contribution in [0.4, 0.5) is 16.2 Å². The minimum atomic E-state index is -0.417. The molecule has 1 N–H and O–H groups in total. The maximum Gasteiger partial charge on any atom is 0.328 e. The Kier molecular flexibility index (Phi) is 3.83. The van der Waals surface area contributed by atoms with Crippen molar-refractivity contribution in [3.63, 3.8) is 0 Å². The lowest BCUT2D eigenvalue weighted by atomic mass is 10.0. The molecule has 0 atom stereocenters. The van der Waals surface area contributed by atoms with E-state index in [0.29, 0.717) is 43.9 Å². The zero-order valence-electron chi connectivity index (χ0n) is 13.7. The highest BCUT2D eigenvalue weighted by Crippen LogP contribution is 2.34. The number of ketones is 1. The van der Waals surface area contributed by atoms with Crippen molar-refractivity contribution in [2.24, 2.45) is 0 Å². The van der Waals surface area contributed by atoms with E-state index in [2.05, 4.69) is 15.2 Å². The van der Waals surface area contributed by atoms with Crippen molar-refractivity contribution in [2.45, 2.75) is 19.3 Å². The van der Waals surface area contributed by atoms with Gasteiger partial charge in [0.2, 0.25) is 5.91 Å². The van der Waals surface area contributed by atoms with Gasteiger partial charge < -0.3 is 4.90 Å². The summed E-state index contributed by atoms with van der Waals surface area (Å²) in [6.45, 7) is 1.73. The number of nitrogens with one attached hydrogen (secondary N) is 1. The molecule has 0 spiro atoms. The second-order valence-corrected chi connectivity index (χ2v) is 6.31. The average Bonchev–Trinajstić information content (AvgIpc) is 2.62. The summed E-state index contributed by atoms with van der Waals surface area (Å²) >= 11 is 0. The number of fused-ring (bicyclic) bond motifs is 1. The van der Waals surface area contributed by atoms with Crippen LogP contribution in [0, 0.1) is 0 Å². The molecule has 2 fully saturated rings. The number of piperidine rings is 1. The average molecular weight is 338 g/mol. The highest BCUT2D eigenvalue weighted by atomic mass is 16.2. The lowest BCUT2D eigenvalue weighted by Gasteiger charge is -2.30. The highest BCUT2D eigenvalue weighted by molar-refractivity contribution is 6.11. The summed E-state index contributed by atoms with van der Waals surface area (Å²) in [5.41, 5.74) is 1.71. The molecular weight excluding hydrogens is 320 g/mol. The van der Waals surface area contributed by atoms with Gasteiger partial charge in [-0.1, -0.05) is 12.1 Å². The van der Waals surface area contributed by atoms with E-state index in [4.69, 9.17) is 0 Å². The van der Waals surface area contributed by atoms with Gasteiger partial charge in [-0.2, -0.15) is 0 Å². The van der Waals surface area contributed by atoms with E-state index in [1.54, 1.807) is 17.3 Å². The molecule has 2 aliphatic heterocycles. The number of pyridine rings is 1. The molecule has 2 saturated heterocycles. The van der Waals surface area contributed by atoms with Gasteiger partial charge in [0.05, 0.1) is 11.9 Å². The number of aromatic nitrogens is 1. The molecule has 7 heteroatoms. The van der Waals surface area contributed by atoms with Gasteiger partial charge in [0.15, 0.2) is 0 Å². The first-order valence-electron chi connectivity index (χ1n) is 8.38. The van der Waals surface area contributed by atoms with Crippen LogP contribution in [0.5, 0.6) is 0 Å². The van der Waals surface area contributed by atoms with Crippen LogP contribution < -0.4 is 15.1 Å². The number of imide groups is 1. The maximum atomic E-state index is 12.2. The fourth-order valence-electron chi connectivity index (χ4n) is 3.45. The zero-order valence-corrected chi connectivity index (χ0v) is 13.7. The summed E-state index contributed by atoms with van der Waals surface area (Å²) in [4.78, 5) is 43.1. The number of urea groups is 1. The minimum Gasteiger partial charge on any atom is -0.370 e. The van der Waals surface area contributed by atoms with Crippen molar-refractivity contribution >= 4 is 39.9 Å². The number of anilines is 2. The van der Waals surface area contributed by atoms with Crippen LogP contribution in [0.1, 0.15) is 19.3 Å². The molecule has 1 aromatic heterocycles. The van der Waals surface area contributed by atoms with Gasteiger partial charge in [-0.25, -0.2) is 4.79 Å². The number of rotatable bonds is 2. The van der Waals surface area contributed by atoms with Gasteiger partial charge in [0.1, 0.15) is 5.78 Å². The Morgan fingerprint density at radius 1 is 0.880 bits per heavy atom. The Hall–Kier alpha value is -2.96. The molecule has 0 radical (unpaired) electrons. The van der Waals surface area contributed by atoms with Crippen LogP contribution in [-0.4, -0.2) is 42.3 Å². The number of nitrogens with zero attached hydrogens (tertiary/aromatic N) is 3. The lowest BCUT2D eigenvalue weighted by Crippen LogP contribution is -2.49. The van der Waals surface area contributed by atoms with Crippen molar-refractivity contribution in [2.75, 3.05) is 29.4 Å². The monoisotopic (exact) mass is 338 g/mol. The molecule has 3 heterocycles. The Morgan fingerprint density at radius 2 is 1.68 bits per heavy atom. The Morgan fingerprint density at radius 3 is 2.44 bits per heavy atom. The fourth-order valence-corrected chi connectivity index (χ4v) is 3.45. The molecule has 0 unspecified atom stereocenters. The Balaban J connectivity index is 1.75. The van der Waals surface area contributed by atoms with Crippen LogP contribution in [0.25, 0.3) is 10.8 Å². The molecule has 2 aliphatic rings. The SMILES string of the molecule is O=C1CCN(c2cccc3c(N4CCC(=O)NC4=O)cncc23)CC1. The second-order valence-electron chi connectivity index (χ2n) is 6.31. The molecule has 3 amide bonds. The molecule has 0 aliphatic carbocycles. The van der Waals surface area contributed by atoms with Gasteiger partial charge in [-0.05, 0) is 6.07 Å². The molecule has 25 heavy (non-hydrogen) atoms. The number of hydrogen-bond donors (Lipinski definition) is 1. The third kappa shape index (κ3) is 2.82. The van der Waals surface area contributed by atoms with Gasteiger partial charge in [0, 0.05) is 61.6 Å². The van der Waals surface area contributed by atoms with Crippen LogP contribution in [0.3, 0.4) is 0 Å². The van der Waals surface area contributed by atoms with Crippen molar-refractivity contribution in [1.29, 1.82) is 0 Å². The number of carbonyl (C=O) groups excluding carboxylic acids is 3. The van der Waals surface area contributed by atoms with Crippen LogP contribution in [0.15, 0.2) is 30.6 Å². The first-order valence-corrected chi connectivity index (χ1v) is 8.38. The van der Waals surface area contributed by atoms with Gasteiger partial charge in [-0.15, -0.1) is 0 Å². The molecule has 0 saturated carbocycles. The predicted molar refractivity (Wildman–Crippen MR) is 93.7 cm³/mol. The number of hydrogen-bond acceptors (Lipinski definition) is 5. The van der Waals surface area contributed by atoms with Gasteiger partial charge in [-0.3, -0.25) is 24.8 Å². The summed E-state index contributed by atoms with van der Waals surface area (Å²) < 4.78 is 0. The van der Waals surface area contributed by atoms with E-state index in [1.165, 1.54) is 0 Å².